The number of carboxylic acids is 1. The smallest absolute Gasteiger partial charge is 0.330 e. The lowest BCUT2D eigenvalue weighted by atomic mass is 9.87. The molecule has 0 radical (unpaired) electrons. The molecule has 1 unspecified atom stereocenters. The lowest BCUT2D eigenvalue weighted by Crippen LogP contribution is -2.56. The molecule has 13 N–H and O–H groups in total. The summed E-state index contributed by atoms with van der Waals surface area (Å²) in [5, 5.41) is 87.8. The predicted molar refractivity (Wildman–Crippen MR) is 341 cm³/mol. The summed E-state index contributed by atoms with van der Waals surface area (Å²) in [5.41, 5.74) is -2.80. The van der Waals surface area contributed by atoms with Crippen LogP contribution < -0.4 is 31.3 Å². The molecule has 3 aliphatic rings. The topological polar surface area (TPSA) is 367 Å². The number of benzene rings is 7. The molecule has 6 amide bonds. The number of para-hydroxylation sites is 1. The summed E-state index contributed by atoms with van der Waals surface area (Å²) in [7, 11) is 1.18. The molecule has 29 heteroatoms. The number of carboxylic acid groups (broad SMARTS) is 1. The van der Waals surface area contributed by atoms with E-state index < -0.39 is 155 Å². The van der Waals surface area contributed by atoms with E-state index in [0.29, 0.717) is 16.5 Å². The van der Waals surface area contributed by atoms with Crippen molar-refractivity contribution in [1.29, 1.82) is 0 Å². The Morgan fingerprint density at radius 2 is 1.17 bits per heavy atom. The highest BCUT2D eigenvalue weighted by Gasteiger charge is 2.44. The highest BCUT2D eigenvalue weighted by molar-refractivity contribution is 6.38. The Bertz CT molecular complexity index is 4350. The molecule has 7 atom stereocenters. The van der Waals surface area contributed by atoms with Gasteiger partial charge in [0.15, 0.2) is 40.4 Å². The zero-order valence-electron chi connectivity index (χ0n) is 48.2. The summed E-state index contributed by atoms with van der Waals surface area (Å²) in [5.74, 6) is -12.5. The second-order valence-electron chi connectivity index (χ2n) is 22.0. The minimum atomic E-state index is -2.86. The van der Waals surface area contributed by atoms with E-state index in [0.717, 1.165) is 48.2 Å². The number of aliphatic carboxylic acids is 1. The van der Waals surface area contributed by atoms with Crippen LogP contribution in [0.5, 0.6) is 40.2 Å². The van der Waals surface area contributed by atoms with E-state index in [-0.39, 0.29) is 68.1 Å². The minimum Gasteiger partial charge on any atom is -0.508 e. The van der Waals surface area contributed by atoms with E-state index >= 15 is 19.2 Å². The third kappa shape index (κ3) is 13.6. The second-order valence-corrected chi connectivity index (χ2v) is 24.4. The lowest BCUT2D eigenvalue weighted by molar-refractivity contribution is -0.147. The fourth-order valence-electron chi connectivity index (χ4n) is 11.0. The van der Waals surface area contributed by atoms with Crippen LogP contribution in [0.3, 0.4) is 0 Å². The van der Waals surface area contributed by atoms with E-state index in [2.05, 4.69) is 31.6 Å². The Labute approximate surface area is 556 Å². The van der Waals surface area contributed by atoms with E-state index in [9.17, 15) is 54.9 Å². The van der Waals surface area contributed by atoms with Gasteiger partial charge in [-0.3, -0.25) is 33.6 Å². The molecule has 0 fully saturated rings. The number of nitrogens with one attached hydrogen (secondary N) is 6. The molecule has 480 valence electrons. The number of Topliss-reactive ketones (excluding diaryl/α,β-unsaturated/α-hetero) is 1. The van der Waals surface area contributed by atoms with Crippen LogP contribution in [0, 0.1) is 0 Å². The average Bonchev–Trinajstić information content (AvgIpc) is 1.77. The van der Waals surface area contributed by atoms with Crippen LogP contribution in [0.15, 0.2) is 121 Å². The quantitative estimate of drug-likeness (QED) is 0.0574. The Morgan fingerprint density at radius 1 is 0.645 bits per heavy atom. The summed E-state index contributed by atoms with van der Waals surface area (Å²) in [6, 6.07) is 13.0. The molecule has 4 heterocycles. The maximum Gasteiger partial charge on any atom is 0.330 e. The van der Waals surface area contributed by atoms with Gasteiger partial charge in [-0.2, -0.15) is 0 Å². The number of ether oxygens (including phenoxy) is 1. The molecule has 23 nitrogen and oxygen atoms in total. The maximum atomic E-state index is 15.9. The van der Waals surface area contributed by atoms with Crippen LogP contribution in [-0.2, 0) is 56.8 Å². The standard InChI is InChI=1S/C64H51Cl6N7O16/c1-26(78)24-64(92,33-22-43(69)56(83)44(70)23-33)63(91)72-45-20-32-25-71-52-36(32)4-3-5-37(52)38-15-29-21-47(53(38)80)93-35-12-6-27(7-13-35)14-46(58(85)76-51(62(89)90)28-8-10-34(79)11-9-28)77(2)61(88)50(31-18-41(67)55(82)42(68)19-31)75-60(87)48(29)74-59(86)49(73-57(45)84)30-16-39(65)54(81)40(66)17-30/h3-13,15-19,21-23,25,45-46,48-51,71,79-83,92H,14,20,24H2,1-2H3,(H,72,91)(H,73,84)(H,74,86)(H,75,87)(H,76,85)(H,89,90)/t45-,46+,48-,49-,50-,51-,64?/m1/s1. The number of likely N-dealkylation sites (N-methyl/N-ethyl adjacent to an activating group) is 1. The number of fused-ring (bicyclic) bond motifs is 10. The molecular formula is C64H51Cl6N7O16. The summed E-state index contributed by atoms with van der Waals surface area (Å²) < 4.78 is 6.42. The molecule has 8 aromatic rings. The summed E-state index contributed by atoms with van der Waals surface area (Å²) in [6.07, 6.45) is -0.275. The van der Waals surface area contributed by atoms with Crippen LogP contribution in [-0.4, -0.2) is 112 Å². The first-order valence-electron chi connectivity index (χ1n) is 27.8. The summed E-state index contributed by atoms with van der Waals surface area (Å²) in [4.78, 5) is 122. The first-order valence-corrected chi connectivity index (χ1v) is 30.1. The van der Waals surface area contributed by atoms with Gasteiger partial charge in [-0.05, 0) is 119 Å². The number of halogens is 6. The lowest BCUT2D eigenvalue weighted by Gasteiger charge is -2.33. The molecular weight excluding hydrogens is 1340 g/mol. The van der Waals surface area contributed by atoms with E-state index in [1.807, 2.05) is 0 Å². The van der Waals surface area contributed by atoms with Crippen LogP contribution in [0.2, 0.25) is 30.1 Å². The van der Waals surface area contributed by atoms with Crippen LogP contribution in [0.1, 0.15) is 76.5 Å². The van der Waals surface area contributed by atoms with Crippen molar-refractivity contribution in [1.82, 2.24) is 36.5 Å². The molecule has 3 aliphatic heterocycles. The summed E-state index contributed by atoms with van der Waals surface area (Å²) >= 11 is 38.5. The third-order valence-corrected chi connectivity index (χ3v) is 17.5. The maximum absolute atomic E-state index is 15.9. The highest BCUT2D eigenvalue weighted by atomic mass is 35.5. The molecule has 93 heavy (non-hydrogen) atoms. The first-order chi connectivity index (χ1) is 44.0. The van der Waals surface area contributed by atoms with Gasteiger partial charge >= 0.3 is 5.97 Å². The minimum absolute atomic E-state index is 0.0312. The Morgan fingerprint density at radius 3 is 1.73 bits per heavy atom. The van der Waals surface area contributed by atoms with Gasteiger partial charge in [0.2, 0.25) is 29.5 Å². The number of amides is 6. The normalized spacial score (nSPS) is 18.7. The molecule has 0 spiro atoms. The van der Waals surface area contributed by atoms with Gasteiger partial charge in [0.05, 0.1) is 35.7 Å². The molecule has 1 aromatic heterocycles. The number of phenols is 5. The van der Waals surface area contributed by atoms with Gasteiger partial charge in [0.25, 0.3) is 5.91 Å². The first kappa shape index (κ1) is 66.5. The second kappa shape index (κ2) is 26.6. The van der Waals surface area contributed by atoms with Crippen molar-refractivity contribution in [3.05, 3.63) is 191 Å². The van der Waals surface area contributed by atoms with Gasteiger partial charge in [-0.15, -0.1) is 0 Å². The van der Waals surface area contributed by atoms with Gasteiger partial charge in [-0.25, -0.2) is 4.79 Å². The molecule has 0 aliphatic carbocycles. The van der Waals surface area contributed by atoms with Gasteiger partial charge < -0.3 is 77.0 Å². The number of aromatic nitrogens is 1. The molecule has 0 saturated heterocycles. The Kier molecular flexibility index (Phi) is 19.0. The number of ketones is 1. The largest absolute Gasteiger partial charge is 0.508 e. The number of hydrogen-bond donors (Lipinski definition) is 13. The Balaban J connectivity index is 1.17. The number of phenolic OH excluding ortho intramolecular Hbond substituents is 5. The number of hydrogen-bond acceptors (Lipinski definition) is 15. The number of rotatable bonds is 11. The van der Waals surface area contributed by atoms with Crippen molar-refractivity contribution >= 4 is 128 Å². The van der Waals surface area contributed by atoms with Crippen molar-refractivity contribution in [2.75, 3.05) is 7.05 Å². The number of aromatic hydroxyl groups is 5. The Hall–Kier alpha value is -9.46. The van der Waals surface area contributed by atoms with Gasteiger partial charge in [0, 0.05) is 49.0 Å². The van der Waals surface area contributed by atoms with Crippen molar-refractivity contribution in [2.45, 2.75) is 68.0 Å². The fraction of sp³-hybridized carbons (Fsp3) is 0.188. The third-order valence-electron chi connectivity index (χ3n) is 15.8. The van der Waals surface area contributed by atoms with Gasteiger partial charge in [0.1, 0.15) is 47.5 Å². The van der Waals surface area contributed by atoms with E-state index in [4.69, 9.17) is 74.3 Å². The van der Waals surface area contributed by atoms with Crippen molar-refractivity contribution in [3.63, 3.8) is 0 Å². The van der Waals surface area contributed by atoms with Gasteiger partial charge in [-0.1, -0.05) is 112 Å². The molecule has 0 saturated carbocycles. The van der Waals surface area contributed by atoms with Crippen molar-refractivity contribution in [3.8, 4) is 51.4 Å². The average molecular weight is 1390 g/mol. The number of carbonyl (C=O) groups excluding carboxylic acids is 7. The number of nitrogens with zero attached hydrogens (tertiary/aromatic N) is 1. The molecule has 11 rings (SSSR count). The molecule has 9 bridgehead atoms. The van der Waals surface area contributed by atoms with Crippen LogP contribution in [0.4, 0.5) is 0 Å². The van der Waals surface area contributed by atoms with Crippen LogP contribution in [0.25, 0.3) is 22.0 Å². The SMILES string of the molecule is CC(=O)CC(O)(C(=O)N[C@@H]1Cc2c[nH]c3c(cccc23)-c2cc3cc(c2O)Oc2ccc(cc2)C[C@@H](C(=O)N[C@@H](C(=O)O)c2ccc(O)cc2)N(C)C(=O)[C@@H](c2cc(Cl)c(O)c(Cl)c2)NC(=O)[C@@H]3NC(=O)[C@@H](c2cc(Cl)c(O)c(Cl)c2)NC1=O)c1cc(Cl)c(O)c(Cl)c1. The number of H-pyrrole nitrogens is 1. The predicted octanol–water partition coefficient (Wildman–Crippen LogP) is 9.18. The summed E-state index contributed by atoms with van der Waals surface area (Å²) in [6.45, 7) is 1.07. The monoisotopic (exact) mass is 1380 g/mol. The van der Waals surface area contributed by atoms with E-state index in [1.54, 1.807) is 18.2 Å². The van der Waals surface area contributed by atoms with E-state index in [1.165, 1.54) is 73.9 Å². The zero-order valence-corrected chi connectivity index (χ0v) is 52.7. The van der Waals surface area contributed by atoms with Crippen LogP contribution >= 0.6 is 69.6 Å². The van der Waals surface area contributed by atoms with Crippen molar-refractivity contribution < 1.29 is 78.8 Å². The zero-order chi connectivity index (χ0) is 67.2. The number of aromatic amines is 1. The number of aliphatic hydroxyl groups is 1. The van der Waals surface area contributed by atoms with Crippen molar-refractivity contribution in [2.24, 2.45) is 0 Å². The molecule has 7 aromatic carbocycles. The number of carbonyl (C=O) groups is 8. The fourth-order valence-corrected chi connectivity index (χ4v) is 12.4. The highest BCUT2D eigenvalue weighted by Crippen LogP contribution is 2.46.